The maximum atomic E-state index is 5.32. The van der Waals surface area contributed by atoms with Crippen LogP contribution in [0, 0.1) is 0 Å². The van der Waals surface area contributed by atoms with Crippen LogP contribution in [0.25, 0.3) is 122 Å². The molecule has 12 rings (SSSR count). The van der Waals surface area contributed by atoms with Gasteiger partial charge < -0.3 is 9.13 Å². The summed E-state index contributed by atoms with van der Waals surface area (Å²) in [7, 11) is 0. The molecule has 12 aromatic rings. The van der Waals surface area contributed by atoms with E-state index in [1.165, 1.54) is 54.9 Å². The van der Waals surface area contributed by atoms with Gasteiger partial charge in [-0.25, -0.2) is 9.97 Å². The van der Waals surface area contributed by atoms with E-state index in [1.807, 2.05) is 0 Å². The Morgan fingerprint density at radius 3 is 1.08 bits per heavy atom. The average molecular weight is 847 g/mol. The zero-order valence-electron chi connectivity index (χ0n) is 37.0. The van der Waals surface area contributed by atoms with Crippen molar-refractivity contribution in [2.45, 2.75) is 26.9 Å². The Kier molecular flexibility index (Phi) is 9.72. The first-order valence-corrected chi connectivity index (χ1v) is 23.0. The largest absolute Gasteiger partial charge is 0.324 e. The number of rotatable bonds is 9. The fourth-order valence-corrected chi connectivity index (χ4v) is 10.3. The van der Waals surface area contributed by atoms with E-state index in [1.54, 1.807) is 0 Å². The molecule has 0 amide bonds. The Morgan fingerprint density at radius 2 is 0.652 bits per heavy atom. The van der Waals surface area contributed by atoms with Crippen LogP contribution in [0.5, 0.6) is 0 Å². The number of hydrogen-bond donors (Lipinski definition) is 0. The van der Waals surface area contributed by atoms with Gasteiger partial charge in [0.2, 0.25) is 0 Å². The molecule has 66 heavy (non-hydrogen) atoms. The molecule has 4 nitrogen and oxygen atoms in total. The second-order valence-corrected chi connectivity index (χ2v) is 17.0. The highest BCUT2D eigenvalue weighted by molar-refractivity contribution is 6.19. The molecular weight excluding hydrogens is 801 g/mol. The molecule has 314 valence electrons. The van der Waals surface area contributed by atoms with Crippen molar-refractivity contribution in [3.63, 3.8) is 0 Å². The molecule has 0 spiro atoms. The van der Waals surface area contributed by atoms with E-state index in [-0.39, 0.29) is 0 Å². The van der Waals surface area contributed by atoms with Crippen molar-refractivity contribution in [2.24, 2.45) is 0 Å². The van der Waals surface area contributed by atoms with E-state index in [4.69, 9.17) is 9.97 Å². The maximum absolute atomic E-state index is 5.32. The van der Waals surface area contributed by atoms with Gasteiger partial charge in [-0.3, -0.25) is 0 Å². The lowest BCUT2D eigenvalue weighted by molar-refractivity contribution is 0.796. The van der Waals surface area contributed by atoms with Crippen LogP contribution in [-0.2, 0) is 13.1 Å². The highest BCUT2D eigenvalue weighted by Crippen LogP contribution is 2.45. The van der Waals surface area contributed by atoms with Crippen molar-refractivity contribution in [1.29, 1.82) is 0 Å². The third kappa shape index (κ3) is 6.52. The lowest BCUT2D eigenvalue weighted by atomic mass is 9.85. The van der Waals surface area contributed by atoms with E-state index < -0.39 is 0 Å². The topological polar surface area (TPSA) is 35.6 Å². The van der Waals surface area contributed by atoms with Gasteiger partial charge in [0.05, 0.1) is 22.1 Å². The summed E-state index contributed by atoms with van der Waals surface area (Å²) in [5.74, 6) is 1.99. The van der Waals surface area contributed by atoms with Crippen LogP contribution >= 0.6 is 0 Å². The Balaban J connectivity index is 1.03. The Hall–Kier alpha value is -8.34. The quantitative estimate of drug-likeness (QED) is 0.136. The predicted octanol–water partition coefficient (Wildman–Crippen LogP) is 16.4. The zero-order valence-corrected chi connectivity index (χ0v) is 37.0. The smallest absolute Gasteiger partial charge is 0.141 e. The van der Waals surface area contributed by atoms with Gasteiger partial charge in [-0.1, -0.05) is 188 Å². The molecule has 0 aliphatic rings. The number of nitrogens with zero attached hydrogens (tertiary/aromatic N) is 4. The van der Waals surface area contributed by atoms with Crippen LogP contribution in [0.1, 0.15) is 13.8 Å². The molecule has 4 heteroatoms. The summed E-state index contributed by atoms with van der Waals surface area (Å²) in [6, 6.07) is 79.2. The van der Waals surface area contributed by atoms with Gasteiger partial charge in [-0.2, -0.15) is 0 Å². The minimum Gasteiger partial charge on any atom is -0.324 e. The first-order chi connectivity index (χ1) is 32.7. The molecule has 0 aliphatic heterocycles. The molecule has 10 aromatic carbocycles. The summed E-state index contributed by atoms with van der Waals surface area (Å²) < 4.78 is 4.66. The van der Waals surface area contributed by atoms with Crippen molar-refractivity contribution in [3.8, 4) is 78.4 Å². The molecule has 0 saturated carbocycles. The van der Waals surface area contributed by atoms with Gasteiger partial charge in [0, 0.05) is 35.3 Å². The SMILES string of the molecule is CCn1c(-c2ccccc2)nc2c(-c3cccc(-c4cccc5c(-c6ccccc6)c6cccc(-c7cccc(-c8cccc9c8nc(-c8ccccc8)n9CC)c7)c6cc45)c3)cccc21. The summed E-state index contributed by atoms with van der Waals surface area (Å²) in [6.45, 7) is 6.06. The van der Waals surface area contributed by atoms with Gasteiger partial charge >= 0.3 is 0 Å². The molecule has 0 atom stereocenters. The summed E-state index contributed by atoms with van der Waals surface area (Å²) in [6.07, 6.45) is 0. The Labute approximate surface area is 384 Å². The second kappa shape index (κ2) is 16.3. The van der Waals surface area contributed by atoms with Crippen molar-refractivity contribution in [2.75, 3.05) is 0 Å². The fraction of sp³-hybridized carbons (Fsp3) is 0.0645. The highest BCUT2D eigenvalue weighted by Gasteiger charge is 2.20. The van der Waals surface area contributed by atoms with Crippen molar-refractivity contribution in [3.05, 3.63) is 218 Å². The minimum absolute atomic E-state index is 0.834. The van der Waals surface area contributed by atoms with Gasteiger partial charge in [0.15, 0.2) is 0 Å². The monoisotopic (exact) mass is 846 g/mol. The Morgan fingerprint density at radius 1 is 0.303 bits per heavy atom. The number of hydrogen-bond acceptors (Lipinski definition) is 2. The fourth-order valence-electron chi connectivity index (χ4n) is 10.3. The van der Waals surface area contributed by atoms with Gasteiger partial charge in [0.25, 0.3) is 0 Å². The first kappa shape index (κ1) is 39.3. The van der Waals surface area contributed by atoms with Crippen LogP contribution < -0.4 is 0 Å². The van der Waals surface area contributed by atoms with Gasteiger partial charge in [0.1, 0.15) is 11.6 Å². The summed E-state index contributed by atoms with van der Waals surface area (Å²) in [5, 5.41) is 4.89. The molecule has 0 bridgehead atoms. The van der Waals surface area contributed by atoms with Crippen LogP contribution in [-0.4, -0.2) is 19.1 Å². The standard InChI is InChI=1S/C62H46N4/c1-3-65-56-36-18-32-50(59(56)63-61(65)42-22-10-6-11-23-42)46-28-14-26-44(38-46)48-30-16-34-52-54(48)40-55-49(31-17-35-53(55)58(52)41-20-8-5-9-21-41)45-27-15-29-47(39-45)51-33-19-37-57-60(51)64-62(66(57)4-2)43-24-12-7-13-25-43/h5-40H,3-4H2,1-2H3. The lowest BCUT2D eigenvalue weighted by Gasteiger charge is -2.18. The lowest BCUT2D eigenvalue weighted by Crippen LogP contribution is -1.97. The number of fused-ring (bicyclic) bond motifs is 4. The third-order valence-electron chi connectivity index (χ3n) is 13.3. The van der Waals surface area contributed by atoms with Gasteiger partial charge in [-0.15, -0.1) is 0 Å². The first-order valence-electron chi connectivity index (χ1n) is 23.0. The van der Waals surface area contributed by atoms with Crippen LogP contribution in [0.15, 0.2) is 218 Å². The van der Waals surface area contributed by atoms with Crippen molar-refractivity contribution >= 4 is 43.6 Å². The van der Waals surface area contributed by atoms with Crippen LogP contribution in [0.3, 0.4) is 0 Å². The molecule has 0 aliphatic carbocycles. The number of aryl methyl sites for hydroxylation is 2. The molecule has 2 heterocycles. The van der Waals surface area contributed by atoms with Gasteiger partial charge in [-0.05, 0) is 110 Å². The summed E-state index contributed by atoms with van der Waals surface area (Å²) in [4.78, 5) is 10.6. The summed E-state index contributed by atoms with van der Waals surface area (Å²) >= 11 is 0. The van der Waals surface area contributed by atoms with Crippen LogP contribution in [0.2, 0.25) is 0 Å². The normalized spacial score (nSPS) is 11.6. The molecule has 0 unspecified atom stereocenters. The summed E-state index contributed by atoms with van der Waals surface area (Å²) in [5.41, 5.74) is 18.3. The maximum Gasteiger partial charge on any atom is 0.141 e. The number of para-hydroxylation sites is 2. The van der Waals surface area contributed by atoms with E-state index in [0.29, 0.717) is 0 Å². The Bertz CT molecular complexity index is 3540. The highest BCUT2D eigenvalue weighted by atomic mass is 15.1. The molecular formula is C62H46N4. The third-order valence-corrected chi connectivity index (χ3v) is 13.3. The molecule has 0 N–H and O–H groups in total. The molecule has 0 radical (unpaired) electrons. The van der Waals surface area contributed by atoms with E-state index in [9.17, 15) is 0 Å². The predicted molar refractivity (Wildman–Crippen MR) is 277 cm³/mol. The van der Waals surface area contributed by atoms with E-state index in [0.717, 1.165) is 80.2 Å². The number of imidazole rings is 2. The molecule has 0 fully saturated rings. The molecule has 0 saturated heterocycles. The minimum atomic E-state index is 0.834. The average Bonchev–Trinajstić information content (AvgIpc) is 3.97. The second-order valence-electron chi connectivity index (χ2n) is 17.0. The number of aromatic nitrogens is 4. The van der Waals surface area contributed by atoms with Crippen LogP contribution in [0.4, 0.5) is 0 Å². The number of benzene rings is 10. The van der Waals surface area contributed by atoms with E-state index >= 15 is 0 Å². The van der Waals surface area contributed by atoms with Crippen molar-refractivity contribution in [1.82, 2.24) is 19.1 Å². The molecule has 2 aromatic heterocycles. The zero-order chi connectivity index (χ0) is 44.1. The van der Waals surface area contributed by atoms with Crippen molar-refractivity contribution < 1.29 is 0 Å². The van der Waals surface area contributed by atoms with E-state index in [2.05, 4.69) is 241 Å².